The van der Waals surface area contributed by atoms with E-state index in [1.807, 2.05) is 0 Å². The molecule has 2 aliphatic heterocycles. The standard InChI is InChI=1S/C47H88O14/c1-3-5-7-9-11-13-14-15-16-17-18-19-20-21-23-25-27-29-31-56-33-36(59-39(49)30-28-26-24-22-12-10-8-6-4-2)34-57-46-45(55)43(53)41(51)38(61-46)35-58-47-44(54)42(52)40(50)37(32-48)60-47/h15-16,36-38,40-48,50-55H,3-14,17-35H2,1-2H3/b16-15-. The van der Waals surface area contributed by atoms with Gasteiger partial charge in [-0.2, -0.15) is 0 Å². The Bertz CT molecular complexity index is 1060. The van der Waals surface area contributed by atoms with E-state index in [9.17, 15) is 40.5 Å². The fourth-order valence-corrected chi connectivity index (χ4v) is 7.75. The second-order valence-corrected chi connectivity index (χ2v) is 17.3. The number of esters is 1. The van der Waals surface area contributed by atoms with Crippen LogP contribution in [0.4, 0.5) is 0 Å². The lowest BCUT2D eigenvalue weighted by atomic mass is 9.98. The molecule has 360 valence electrons. The molecule has 0 aliphatic carbocycles. The fraction of sp³-hybridized carbons (Fsp3) is 0.936. The van der Waals surface area contributed by atoms with E-state index in [1.165, 1.54) is 116 Å². The molecular formula is C47H88O14. The minimum atomic E-state index is -1.70. The zero-order valence-electron chi connectivity index (χ0n) is 37.9. The topological polar surface area (TPSA) is 214 Å². The van der Waals surface area contributed by atoms with Gasteiger partial charge in [-0.25, -0.2) is 0 Å². The van der Waals surface area contributed by atoms with E-state index >= 15 is 0 Å². The first-order valence-corrected chi connectivity index (χ1v) is 24.3. The summed E-state index contributed by atoms with van der Waals surface area (Å²) in [7, 11) is 0. The summed E-state index contributed by atoms with van der Waals surface area (Å²) in [6.45, 7) is 3.66. The summed E-state index contributed by atoms with van der Waals surface area (Å²) in [6.07, 6.45) is 18.6. The molecule has 0 spiro atoms. The molecule has 11 unspecified atom stereocenters. The van der Waals surface area contributed by atoms with E-state index in [2.05, 4.69) is 26.0 Å². The maximum absolute atomic E-state index is 12.9. The predicted octanol–water partition coefficient (Wildman–Crippen LogP) is 6.29. The quantitative estimate of drug-likeness (QED) is 0.0206. The number of rotatable bonds is 38. The molecule has 0 aromatic rings. The van der Waals surface area contributed by atoms with E-state index in [0.29, 0.717) is 13.0 Å². The molecule has 0 aromatic carbocycles. The molecule has 2 fully saturated rings. The van der Waals surface area contributed by atoms with Crippen molar-refractivity contribution in [3.05, 3.63) is 12.2 Å². The average Bonchev–Trinajstić information content (AvgIpc) is 3.25. The summed E-state index contributed by atoms with van der Waals surface area (Å²) in [6, 6.07) is 0. The number of hydrogen-bond donors (Lipinski definition) is 7. The van der Waals surface area contributed by atoms with Crippen molar-refractivity contribution in [2.24, 2.45) is 0 Å². The predicted molar refractivity (Wildman–Crippen MR) is 234 cm³/mol. The van der Waals surface area contributed by atoms with Crippen molar-refractivity contribution in [2.45, 2.75) is 248 Å². The number of allylic oxidation sites excluding steroid dienone is 2. The van der Waals surface area contributed by atoms with Crippen LogP contribution in [-0.2, 0) is 33.2 Å². The SMILES string of the molecule is CCCCCCCC/C=C\CCCCCCCCCCOCC(COC1OC(COC2OC(CO)C(O)C(O)C2O)C(O)C(O)C1O)OC(=O)CCCCCCCCCCC. The van der Waals surface area contributed by atoms with Gasteiger partial charge < -0.3 is 64.2 Å². The molecule has 0 radical (unpaired) electrons. The molecular weight excluding hydrogens is 789 g/mol. The van der Waals surface area contributed by atoms with Crippen LogP contribution in [0.3, 0.4) is 0 Å². The molecule has 0 saturated carbocycles. The van der Waals surface area contributed by atoms with Gasteiger partial charge >= 0.3 is 5.97 Å². The molecule has 14 nitrogen and oxygen atoms in total. The van der Waals surface area contributed by atoms with Gasteiger partial charge in [0.05, 0.1) is 26.4 Å². The van der Waals surface area contributed by atoms with Gasteiger partial charge in [0.1, 0.15) is 54.9 Å². The van der Waals surface area contributed by atoms with Crippen molar-refractivity contribution in [1.29, 1.82) is 0 Å². The van der Waals surface area contributed by atoms with Crippen LogP contribution in [0.15, 0.2) is 12.2 Å². The summed E-state index contributed by atoms with van der Waals surface area (Å²) in [5.74, 6) is -0.379. The minimum absolute atomic E-state index is 0.0640. The number of ether oxygens (including phenoxy) is 6. The van der Waals surface area contributed by atoms with Crippen LogP contribution < -0.4 is 0 Å². The molecule has 7 N–H and O–H groups in total. The Morgan fingerprint density at radius 2 is 0.967 bits per heavy atom. The Morgan fingerprint density at radius 3 is 1.49 bits per heavy atom. The average molecular weight is 877 g/mol. The zero-order valence-corrected chi connectivity index (χ0v) is 37.9. The van der Waals surface area contributed by atoms with Crippen LogP contribution >= 0.6 is 0 Å². The summed E-state index contributed by atoms with van der Waals surface area (Å²) >= 11 is 0. The Morgan fingerprint density at radius 1 is 0.525 bits per heavy atom. The van der Waals surface area contributed by atoms with Crippen LogP contribution in [-0.4, -0.2) is 142 Å². The summed E-state index contributed by atoms with van der Waals surface area (Å²) in [4.78, 5) is 12.9. The van der Waals surface area contributed by atoms with Gasteiger partial charge in [-0.1, -0.05) is 148 Å². The molecule has 0 aromatic heterocycles. The first-order chi connectivity index (χ1) is 29.6. The van der Waals surface area contributed by atoms with E-state index in [0.717, 1.165) is 38.5 Å². The summed E-state index contributed by atoms with van der Waals surface area (Å²) < 4.78 is 34.2. The molecule has 2 saturated heterocycles. The van der Waals surface area contributed by atoms with E-state index in [1.54, 1.807) is 0 Å². The van der Waals surface area contributed by atoms with Crippen LogP contribution in [0.1, 0.15) is 181 Å². The highest BCUT2D eigenvalue weighted by Gasteiger charge is 2.47. The highest BCUT2D eigenvalue weighted by atomic mass is 16.7. The van der Waals surface area contributed by atoms with E-state index in [-0.39, 0.29) is 25.6 Å². The lowest BCUT2D eigenvalue weighted by Gasteiger charge is -2.42. The van der Waals surface area contributed by atoms with E-state index in [4.69, 9.17) is 28.4 Å². The third-order valence-electron chi connectivity index (χ3n) is 11.8. The minimum Gasteiger partial charge on any atom is -0.457 e. The maximum atomic E-state index is 12.9. The fourth-order valence-electron chi connectivity index (χ4n) is 7.75. The molecule has 61 heavy (non-hydrogen) atoms. The van der Waals surface area contributed by atoms with Crippen LogP contribution in [0.2, 0.25) is 0 Å². The molecule has 0 bridgehead atoms. The molecule has 2 aliphatic rings. The number of aliphatic hydroxyl groups is 7. The van der Waals surface area contributed by atoms with Gasteiger partial charge in [-0.05, 0) is 38.5 Å². The molecule has 2 heterocycles. The van der Waals surface area contributed by atoms with Crippen LogP contribution in [0.25, 0.3) is 0 Å². The van der Waals surface area contributed by atoms with Gasteiger partial charge in [0.25, 0.3) is 0 Å². The summed E-state index contributed by atoms with van der Waals surface area (Å²) in [5.41, 5.74) is 0. The number of carbonyl (C=O) groups is 1. The molecule has 11 atom stereocenters. The first-order valence-electron chi connectivity index (χ1n) is 24.3. The highest BCUT2D eigenvalue weighted by molar-refractivity contribution is 5.69. The zero-order chi connectivity index (χ0) is 44.5. The van der Waals surface area contributed by atoms with Gasteiger partial charge in [-0.3, -0.25) is 4.79 Å². The lowest BCUT2D eigenvalue weighted by Crippen LogP contribution is -2.61. The number of hydrogen-bond acceptors (Lipinski definition) is 14. The van der Waals surface area contributed by atoms with E-state index < -0.39 is 80.7 Å². The second-order valence-electron chi connectivity index (χ2n) is 17.3. The Hall–Kier alpha value is -1.27. The Balaban J connectivity index is 1.76. The van der Waals surface area contributed by atoms with Crippen LogP contribution in [0.5, 0.6) is 0 Å². The molecule has 0 amide bonds. The smallest absolute Gasteiger partial charge is 0.306 e. The number of aliphatic hydroxyl groups excluding tert-OH is 7. The van der Waals surface area contributed by atoms with Gasteiger partial charge in [0, 0.05) is 13.0 Å². The largest absolute Gasteiger partial charge is 0.457 e. The third-order valence-corrected chi connectivity index (χ3v) is 11.8. The first kappa shape index (κ1) is 55.9. The van der Waals surface area contributed by atoms with Crippen molar-refractivity contribution in [2.75, 3.05) is 33.0 Å². The van der Waals surface area contributed by atoms with Crippen LogP contribution in [0, 0.1) is 0 Å². The second kappa shape index (κ2) is 36.0. The van der Waals surface area contributed by atoms with Gasteiger partial charge in [0.15, 0.2) is 12.6 Å². The van der Waals surface area contributed by atoms with Crippen molar-refractivity contribution in [1.82, 2.24) is 0 Å². The molecule has 14 heteroatoms. The van der Waals surface area contributed by atoms with Crippen molar-refractivity contribution in [3.8, 4) is 0 Å². The van der Waals surface area contributed by atoms with Crippen molar-refractivity contribution >= 4 is 5.97 Å². The highest BCUT2D eigenvalue weighted by Crippen LogP contribution is 2.26. The van der Waals surface area contributed by atoms with Crippen molar-refractivity contribution in [3.63, 3.8) is 0 Å². The lowest BCUT2D eigenvalue weighted by molar-refractivity contribution is -0.332. The third kappa shape index (κ3) is 24.6. The number of unbranched alkanes of at least 4 members (excludes halogenated alkanes) is 22. The van der Waals surface area contributed by atoms with Gasteiger partial charge in [-0.15, -0.1) is 0 Å². The Labute approximate surface area is 367 Å². The van der Waals surface area contributed by atoms with Gasteiger partial charge in [0.2, 0.25) is 0 Å². The monoisotopic (exact) mass is 877 g/mol. The Kier molecular flexibility index (Phi) is 33.0. The normalized spacial score (nSPS) is 27.5. The number of carbonyl (C=O) groups excluding carboxylic acids is 1. The maximum Gasteiger partial charge on any atom is 0.306 e. The van der Waals surface area contributed by atoms with Crippen molar-refractivity contribution < 1.29 is 69.0 Å². The summed E-state index contributed by atoms with van der Waals surface area (Å²) in [5, 5.41) is 71.9. The molecule has 2 rings (SSSR count).